The summed E-state index contributed by atoms with van der Waals surface area (Å²) in [5.41, 5.74) is 1.19. The fourth-order valence-electron chi connectivity index (χ4n) is 2.90. The van der Waals surface area contributed by atoms with Gasteiger partial charge in [-0.3, -0.25) is 0 Å². The molecule has 0 saturated heterocycles. The monoisotopic (exact) mass is 468 g/mol. The molecule has 0 aliphatic carbocycles. The summed E-state index contributed by atoms with van der Waals surface area (Å²) >= 11 is 6.13. The van der Waals surface area contributed by atoms with Gasteiger partial charge in [-0.15, -0.1) is 0 Å². The maximum atomic E-state index is 12.1. The van der Waals surface area contributed by atoms with Crippen LogP contribution in [0.3, 0.4) is 0 Å². The van der Waals surface area contributed by atoms with E-state index in [0.29, 0.717) is 24.3 Å². The summed E-state index contributed by atoms with van der Waals surface area (Å²) in [5.74, 6) is 2.44. The number of unbranched alkanes of at least 4 members (excludes halogenated alkanes) is 3. The van der Waals surface area contributed by atoms with Crippen LogP contribution in [0.15, 0.2) is 24.3 Å². The summed E-state index contributed by atoms with van der Waals surface area (Å²) in [6.07, 6.45) is 8.80. The lowest BCUT2D eigenvalue weighted by Gasteiger charge is -2.21. The van der Waals surface area contributed by atoms with Crippen molar-refractivity contribution in [3.05, 3.63) is 35.4 Å². The molecule has 0 radical (unpaired) electrons. The van der Waals surface area contributed by atoms with Crippen molar-refractivity contribution < 1.29 is 19.1 Å². The maximum Gasteiger partial charge on any atom is 0.338 e. The van der Waals surface area contributed by atoms with Gasteiger partial charge in [0.15, 0.2) is 0 Å². The van der Waals surface area contributed by atoms with Crippen molar-refractivity contribution in [3.63, 3.8) is 0 Å². The van der Waals surface area contributed by atoms with E-state index in [4.69, 9.17) is 9.47 Å². The molecule has 4 nitrogen and oxygen atoms in total. The normalized spacial score (nSPS) is 11.4. The Hall–Kier alpha value is -1.14. The van der Waals surface area contributed by atoms with Gasteiger partial charge >= 0.3 is 11.9 Å². The van der Waals surface area contributed by atoms with Crippen molar-refractivity contribution in [2.45, 2.75) is 72.1 Å². The number of benzene rings is 1. The van der Waals surface area contributed by atoms with E-state index in [1.807, 2.05) is 11.8 Å². The number of rotatable bonds is 17. The molecule has 1 aromatic carbocycles. The Morgan fingerprint density at radius 2 is 1.35 bits per heavy atom. The number of carbonyl (C=O) groups excluding carboxylic acids is 2. The number of hydrogen-bond acceptors (Lipinski definition) is 6. The quantitative estimate of drug-likeness (QED) is 0.154. The molecular formula is C25H40O4S2. The largest absolute Gasteiger partial charge is 0.462 e. The second-order valence-electron chi connectivity index (χ2n) is 8.57. The van der Waals surface area contributed by atoms with Crippen LogP contribution in [0.1, 0.15) is 92.9 Å². The Morgan fingerprint density at radius 3 is 1.90 bits per heavy atom. The SMILES string of the molecule is CCC(C)(C)CCCOC(=O)c1ccc(C(=O)OCCCSCCCCCCS)cc1. The number of thiol groups is 1. The molecule has 0 atom stereocenters. The first-order chi connectivity index (χ1) is 14.9. The highest BCUT2D eigenvalue weighted by Crippen LogP contribution is 2.25. The summed E-state index contributed by atoms with van der Waals surface area (Å²) in [6, 6.07) is 6.49. The lowest BCUT2D eigenvalue weighted by Crippen LogP contribution is -2.13. The first-order valence-electron chi connectivity index (χ1n) is 11.5. The molecule has 0 aliphatic rings. The summed E-state index contributed by atoms with van der Waals surface area (Å²) in [5, 5.41) is 0. The fourth-order valence-corrected chi connectivity index (χ4v) is 4.06. The highest BCUT2D eigenvalue weighted by Gasteiger charge is 2.15. The van der Waals surface area contributed by atoms with Gasteiger partial charge in [-0.25, -0.2) is 9.59 Å². The van der Waals surface area contributed by atoms with Gasteiger partial charge in [0, 0.05) is 0 Å². The first-order valence-corrected chi connectivity index (χ1v) is 13.3. The van der Waals surface area contributed by atoms with Crippen LogP contribution in [0.25, 0.3) is 0 Å². The van der Waals surface area contributed by atoms with Crippen LogP contribution in [0.2, 0.25) is 0 Å². The van der Waals surface area contributed by atoms with Crippen LogP contribution in [0.5, 0.6) is 0 Å². The van der Waals surface area contributed by atoms with E-state index in [2.05, 4.69) is 33.4 Å². The van der Waals surface area contributed by atoms with Crippen molar-refractivity contribution in [3.8, 4) is 0 Å². The minimum Gasteiger partial charge on any atom is -0.462 e. The molecule has 1 rings (SSSR count). The van der Waals surface area contributed by atoms with Crippen LogP contribution in [-0.4, -0.2) is 42.4 Å². The zero-order valence-corrected chi connectivity index (χ0v) is 21.2. The van der Waals surface area contributed by atoms with Gasteiger partial charge in [-0.1, -0.05) is 40.0 Å². The van der Waals surface area contributed by atoms with Gasteiger partial charge in [0.2, 0.25) is 0 Å². The third-order valence-electron chi connectivity index (χ3n) is 5.41. The Morgan fingerprint density at radius 1 is 0.839 bits per heavy atom. The smallest absolute Gasteiger partial charge is 0.338 e. The van der Waals surface area contributed by atoms with Gasteiger partial charge < -0.3 is 9.47 Å². The van der Waals surface area contributed by atoms with E-state index in [9.17, 15) is 9.59 Å². The molecule has 0 heterocycles. The van der Waals surface area contributed by atoms with Crippen molar-refractivity contribution in [1.82, 2.24) is 0 Å². The maximum absolute atomic E-state index is 12.1. The van der Waals surface area contributed by atoms with Gasteiger partial charge in [0.05, 0.1) is 24.3 Å². The average molecular weight is 469 g/mol. The van der Waals surface area contributed by atoms with Crippen LogP contribution in [0, 0.1) is 5.41 Å². The van der Waals surface area contributed by atoms with Crippen molar-refractivity contribution in [2.75, 3.05) is 30.5 Å². The zero-order valence-electron chi connectivity index (χ0n) is 19.5. The average Bonchev–Trinajstić information content (AvgIpc) is 2.77. The van der Waals surface area contributed by atoms with Crippen molar-refractivity contribution >= 4 is 36.3 Å². The van der Waals surface area contributed by atoms with Crippen LogP contribution >= 0.6 is 24.4 Å². The first kappa shape index (κ1) is 27.9. The van der Waals surface area contributed by atoms with E-state index >= 15 is 0 Å². The van der Waals surface area contributed by atoms with Crippen molar-refractivity contribution in [2.24, 2.45) is 5.41 Å². The molecule has 0 aromatic heterocycles. The van der Waals surface area contributed by atoms with Gasteiger partial charge in [-0.2, -0.15) is 24.4 Å². The fraction of sp³-hybridized carbons (Fsp3) is 0.680. The topological polar surface area (TPSA) is 52.6 Å². The molecule has 31 heavy (non-hydrogen) atoms. The van der Waals surface area contributed by atoms with Gasteiger partial charge in [0.1, 0.15) is 0 Å². The highest BCUT2D eigenvalue weighted by atomic mass is 32.2. The van der Waals surface area contributed by atoms with E-state index in [0.717, 1.165) is 42.9 Å². The lowest BCUT2D eigenvalue weighted by molar-refractivity contribution is 0.0478. The predicted octanol–water partition coefficient (Wildman–Crippen LogP) is 6.83. The molecule has 0 bridgehead atoms. The minimum atomic E-state index is -0.350. The minimum absolute atomic E-state index is 0.277. The molecule has 0 amide bonds. The number of esters is 2. The Labute approximate surface area is 198 Å². The van der Waals surface area contributed by atoms with Crippen LogP contribution in [-0.2, 0) is 9.47 Å². The second kappa shape index (κ2) is 16.5. The van der Waals surface area contributed by atoms with E-state index in [1.165, 1.54) is 25.7 Å². The third kappa shape index (κ3) is 13.1. The summed E-state index contributed by atoms with van der Waals surface area (Å²) in [4.78, 5) is 24.3. The number of carbonyl (C=O) groups is 2. The molecule has 0 saturated carbocycles. The molecule has 0 N–H and O–H groups in total. The van der Waals surface area contributed by atoms with Gasteiger partial charge in [0.25, 0.3) is 0 Å². The number of ether oxygens (including phenoxy) is 2. The van der Waals surface area contributed by atoms with Crippen LogP contribution < -0.4 is 0 Å². The van der Waals surface area contributed by atoms with Gasteiger partial charge in [-0.05, 0) is 79.0 Å². The van der Waals surface area contributed by atoms with E-state index in [-0.39, 0.29) is 17.4 Å². The Kier molecular flexibility index (Phi) is 14.8. The number of thioether (sulfide) groups is 1. The molecule has 0 aliphatic heterocycles. The Bertz CT molecular complexity index is 629. The molecule has 0 fully saturated rings. The van der Waals surface area contributed by atoms with Crippen LogP contribution in [0.4, 0.5) is 0 Å². The Balaban J connectivity index is 2.19. The predicted molar refractivity (Wildman–Crippen MR) is 135 cm³/mol. The molecular weight excluding hydrogens is 428 g/mol. The number of hydrogen-bond donors (Lipinski definition) is 1. The molecule has 0 spiro atoms. The standard InChI is InChI=1S/C25H40O4S2/c1-4-25(2,3)15-9-16-28-23(26)21-11-13-22(14-12-21)24(27)29-17-10-20-31-19-8-6-5-7-18-30/h11-14,30H,4-10,15-20H2,1-3H3. The molecule has 6 heteroatoms. The summed E-state index contributed by atoms with van der Waals surface area (Å²) in [7, 11) is 0. The lowest BCUT2D eigenvalue weighted by atomic mass is 9.85. The highest BCUT2D eigenvalue weighted by molar-refractivity contribution is 7.99. The molecule has 0 unspecified atom stereocenters. The second-order valence-corrected chi connectivity index (χ2v) is 10.2. The zero-order chi connectivity index (χ0) is 23.0. The summed E-state index contributed by atoms with van der Waals surface area (Å²) in [6.45, 7) is 7.45. The third-order valence-corrected chi connectivity index (χ3v) is 6.88. The summed E-state index contributed by atoms with van der Waals surface area (Å²) < 4.78 is 10.7. The van der Waals surface area contributed by atoms with Crippen molar-refractivity contribution in [1.29, 1.82) is 0 Å². The van der Waals surface area contributed by atoms with E-state index in [1.54, 1.807) is 24.3 Å². The molecule has 1 aromatic rings. The van der Waals surface area contributed by atoms with E-state index < -0.39 is 0 Å². The molecule has 176 valence electrons.